The average molecular weight is 214 g/mol. The third-order valence-corrected chi connectivity index (χ3v) is 2.69. The molecule has 1 aliphatic heterocycles. The summed E-state index contributed by atoms with van der Waals surface area (Å²) in [5, 5.41) is 3.40. The van der Waals surface area contributed by atoms with Gasteiger partial charge in [-0.25, -0.2) is 0 Å². The van der Waals surface area contributed by atoms with Gasteiger partial charge in [0.25, 0.3) is 0 Å². The van der Waals surface area contributed by atoms with Gasteiger partial charge in [-0.3, -0.25) is 4.79 Å². The van der Waals surface area contributed by atoms with Crippen molar-refractivity contribution in [1.82, 2.24) is 10.2 Å². The number of carbonyl (C=O) groups is 1. The Morgan fingerprint density at radius 3 is 3.07 bits per heavy atom. The number of carbonyl (C=O) groups excluding carboxylic acids is 1. The summed E-state index contributed by atoms with van der Waals surface area (Å²) in [6.45, 7) is 5.32. The molecule has 1 fully saturated rings. The number of piperidine rings is 1. The first-order chi connectivity index (χ1) is 7.22. The maximum Gasteiger partial charge on any atom is 0.307 e. The summed E-state index contributed by atoms with van der Waals surface area (Å²) in [6.07, 6.45) is 2.94. The predicted molar refractivity (Wildman–Crippen MR) is 59.8 cm³/mol. The van der Waals surface area contributed by atoms with E-state index in [9.17, 15) is 4.79 Å². The lowest BCUT2D eigenvalue weighted by Crippen LogP contribution is -2.44. The van der Waals surface area contributed by atoms with Crippen molar-refractivity contribution in [2.24, 2.45) is 0 Å². The van der Waals surface area contributed by atoms with Crippen molar-refractivity contribution in [3.63, 3.8) is 0 Å². The summed E-state index contributed by atoms with van der Waals surface area (Å²) in [6, 6.07) is 0.540. The normalized spacial score (nSPS) is 22.7. The number of likely N-dealkylation sites (tertiary alicyclic amines) is 1. The second-order valence-corrected chi connectivity index (χ2v) is 4.11. The largest absolute Gasteiger partial charge is 0.466 e. The van der Waals surface area contributed by atoms with Crippen LogP contribution in [0.4, 0.5) is 0 Å². The maximum absolute atomic E-state index is 11.1. The molecule has 0 saturated carbocycles. The van der Waals surface area contributed by atoms with E-state index in [2.05, 4.69) is 17.3 Å². The molecule has 1 rings (SSSR count). The number of nitrogens with zero attached hydrogens (tertiary/aromatic N) is 1. The van der Waals surface area contributed by atoms with Crippen LogP contribution in [0.5, 0.6) is 0 Å². The van der Waals surface area contributed by atoms with E-state index in [4.69, 9.17) is 4.74 Å². The highest BCUT2D eigenvalue weighted by Gasteiger charge is 2.16. The maximum atomic E-state index is 11.1. The zero-order chi connectivity index (χ0) is 11.1. The predicted octanol–water partition coefficient (Wildman–Crippen LogP) is 0.623. The van der Waals surface area contributed by atoms with Crippen LogP contribution in [0, 0.1) is 0 Å². The quantitative estimate of drug-likeness (QED) is 0.681. The van der Waals surface area contributed by atoms with E-state index in [-0.39, 0.29) is 5.97 Å². The summed E-state index contributed by atoms with van der Waals surface area (Å²) in [7, 11) is 2.14. The van der Waals surface area contributed by atoms with Gasteiger partial charge in [-0.05, 0) is 33.4 Å². The number of likely N-dealkylation sites (N-methyl/N-ethyl adjacent to an activating group) is 1. The third kappa shape index (κ3) is 5.14. The van der Waals surface area contributed by atoms with Gasteiger partial charge in [0.15, 0.2) is 0 Å². The molecule has 1 unspecified atom stereocenters. The molecule has 15 heavy (non-hydrogen) atoms. The molecule has 1 heterocycles. The highest BCUT2D eigenvalue weighted by molar-refractivity contribution is 5.69. The molecule has 0 aliphatic carbocycles. The fraction of sp³-hybridized carbons (Fsp3) is 0.909. The van der Waals surface area contributed by atoms with E-state index in [0.717, 1.165) is 13.1 Å². The Balaban J connectivity index is 2.06. The van der Waals surface area contributed by atoms with Crippen LogP contribution in [0.3, 0.4) is 0 Å². The van der Waals surface area contributed by atoms with Gasteiger partial charge in [0.05, 0.1) is 13.0 Å². The molecule has 4 nitrogen and oxygen atoms in total. The Morgan fingerprint density at radius 2 is 2.40 bits per heavy atom. The number of esters is 1. The van der Waals surface area contributed by atoms with E-state index >= 15 is 0 Å². The Bertz CT molecular complexity index is 197. The van der Waals surface area contributed by atoms with Gasteiger partial charge in [-0.1, -0.05) is 0 Å². The molecule has 0 radical (unpaired) electrons. The van der Waals surface area contributed by atoms with Gasteiger partial charge >= 0.3 is 5.97 Å². The van der Waals surface area contributed by atoms with Gasteiger partial charge in [-0.15, -0.1) is 0 Å². The first kappa shape index (κ1) is 12.5. The molecule has 0 aromatic rings. The number of hydrogen-bond donors (Lipinski definition) is 1. The molecular weight excluding hydrogens is 192 g/mol. The SMILES string of the molecule is CCOC(=O)CCNC1CCCN(C)C1. The number of rotatable bonds is 5. The van der Waals surface area contributed by atoms with E-state index < -0.39 is 0 Å². The molecule has 1 saturated heterocycles. The van der Waals surface area contributed by atoms with E-state index in [0.29, 0.717) is 19.1 Å². The summed E-state index contributed by atoms with van der Waals surface area (Å²) in [5.41, 5.74) is 0. The van der Waals surface area contributed by atoms with Crippen LogP contribution >= 0.6 is 0 Å². The molecule has 0 spiro atoms. The lowest BCUT2D eigenvalue weighted by molar-refractivity contribution is -0.143. The van der Waals surface area contributed by atoms with Crippen LogP contribution in [0.1, 0.15) is 26.2 Å². The molecule has 0 bridgehead atoms. The second-order valence-electron chi connectivity index (χ2n) is 4.11. The van der Waals surface area contributed by atoms with Gasteiger partial charge in [0, 0.05) is 19.1 Å². The minimum Gasteiger partial charge on any atom is -0.466 e. The third-order valence-electron chi connectivity index (χ3n) is 2.69. The summed E-state index contributed by atoms with van der Waals surface area (Å²) in [5.74, 6) is -0.103. The van der Waals surface area contributed by atoms with Crippen LogP contribution < -0.4 is 5.32 Å². The molecule has 88 valence electrons. The van der Waals surface area contributed by atoms with Crippen LogP contribution in [0.2, 0.25) is 0 Å². The van der Waals surface area contributed by atoms with Crippen LogP contribution in [-0.2, 0) is 9.53 Å². The Morgan fingerprint density at radius 1 is 1.60 bits per heavy atom. The Kier molecular flexibility index (Phi) is 5.65. The first-order valence-corrected chi connectivity index (χ1v) is 5.80. The molecule has 1 aliphatic rings. The van der Waals surface area contributed by atoms with Crippen LogP contribution in [0.25, 0.3) is 0 Å². The standard InChI is InChI=1S/C11H22N2O2/c1-3-15-11(14)6-7-12-10-5-4-8-13(2)9-10/h10,12H,3-9H2,1-2H3. The Hall–Kier alpha value is -0.610. The lowest BCUT2D eigenvalue weighted by atomic mass is 10.1. The monoisotopic (exact) mass is 214 g/mol. The van der Waals surface area contributed by atoms with Crippen molar-refractivity contribution in [3.05, 3.63) is 0 Å². The summed E-state index contributed by atoms with van der Waals surface area (Å²) < 4.78 is 4.86. The number of hydrogen-bond acceptors (Lipinski definition) is 4. The molecule has 0 amide bonds. The van der Waals surface area contributed by atoms with E-state index in [1.807, 2.05) is 6.92 Å². The van der Waals surface area contributed by atoms with Crippen molar-refractivity contribution < 1.29 is 9.53 Å². The number of nitrogens with one attached hydrogen (secondary N) is 1. The van der Waals surface area contributed by atoms with Crippen LogP contribution in [-0.4, -0.2) is 50.2 Å². The Labute approximate surface area is 92.0 Å². The van der Waals surface area contributed by atoms with Gasteiger partial charge in [0.1, 0.15) is 0 Å². The fourth-order valence-corrected chi connectivity index (χ4v) is 1.94. The average Bonchev–Trinajstić information content (AvgIpc) is 2.18. The zero-order valence-corrected chi connectivity index (χ0v) is 9.79. The lowest BCUT2D eigenvalue weighted by Gasteiger charge is -2.30. The van der Waals surface area contributed by atoms with Crippen molar-refractivity contribution in [1.29, 1.82) is 0 Å². The van der Waals surface area contributed by atoms with Gasteiger partial charge in [-0.2, -0.15) is 0 Å². The van der Waals surface area contributed by atoms with Gasteiger partial charge in [0.2, 0.25) is 0 Å². The molecule has 1 N–H and O–H groups in total. The highest BCUT2D eigenvalue weighted by atomic mass is 16.5. The molecule has 0 aromatic carbocycles. The van der Waals surface area contributed by atoms with Crippen molar-refractivity contribution in [2.45, 2.75) is 32.2 Å². The highest BCUT2D eigenvalue weighted by Crippen LogP contribution is 2.07. The van der Waals surface area contributed by atoms with Crippen molar-refractivity contribution in [3.8, 4) is 0 Å². The van der Waals surface area contributed by atoms with Crippen molar-refractivity contribution >= 4 is 5.97 Å². The molecule has 1 atom stereocenters. The smallest absolute Gasteiger partial charge is 0.307 e. The molecular formula is C11H22N2O2. The zero-order valence-electron chi connectivity index (χ0n) is 9.79. The van der Waals surface area contributed by atoms with Crippen LogP contribution in [0.15, 0.2) is 0 Å². The summed E-state index contributed by atoms with van der Waals surface area (Å²) >= 11 is 0. The second kappa shape index (κ2) is 6.80. The summed E-state index contributed by atoms with van der Waals surface area (Å²) in [4.78, 5) is 13.4. The fourth-order valence-electron chi connectivity index (χ4n) is 1.94. The van der Waals surface area contributed by atoms with E-state index in [1.54, 1.807) is 0 Å². The molecule has 4 heteroatoms. The molecule has 0 aromatic heterocycles. The minimum atomic E-state index is -0.103. The number of ether oxygens (including phenoxy) is 1. The van der Waals surface area contributed by atoms with Crippen molar-refractivity contribution in [2.75, 3.05) is 33.3 Å². The minimum absolute atomic E-state index is 0.103. The van der Waals surface area contributed by atoms with E-state index in [1.165, 1.54) is 19.4 Å². The topological polar surface area (TPSA) is 41.6 Å². The first-order valence-electron chi connectivity index (χ1n) is 5.80. The van der Waals surface area contributed by atoms with Gasteiger partial charge < -0.3 is 15.0 Å².